The molecule has 0 saturated carbocycles. The van der Waals surface area contributed by atoms with Gasteiger partial charge in [-0.2, -0.15) is 0 Å². The summed E-state index contributed by atoms with van der Waals surface area (Å²) >= 11 is 1.48. The predicted molar refractivity (Wildman–Crippen MR) is 77.9 cm³/mol. The summed E-state index contributed by atoms with van der Waals surface area (Å²) in [7, 11) is 0. The summed E-state index contributed by atoms with van der Waals surface area (Å²) < 4.78 is 1.97. The molecule has 0 saturated heterocycles. The van der Waals surface area contributed by atoms with Crippen molar-refractivity contribution in [2.24, 2.45) is 0 Å². The Bertz CT molecular complexity index is 696. The third-order valence-electron chi connectivity index (χ3n) is 2.66. The average Bonchev–Trinajstić information content (AvgIpc) is 2.95. The number of anilines is 1. The van der Waals surface area contributed by atoms with Gasteiger partial charge in [-0.25, -0.2) is 19.9 Å². The van der Waals surface area contributed by atoms with Gasteiger partial charge in [-0.15, -0.1) is 0 Å². The van der Waals surface area contributed by atoms with E-state index in [1.807, 2.05) is 22.9 Å². The summed E-state index contributed by atoms with van der Waals surface area (Å²) in [5.74, 6) is 0.842. The third kappa shape index (κ3) is 2.72. The zero-order valence-corrected chi connectivity index (χ0v) is 11.8. The molecule has 0 amide bonds. The van der Waals surface area contributed by atoms with Crippen molar-refractivity contribution >= 4 is 23.2 Å². The van der Waals surface area contributed by atoms with Crippen LogP contribution in [0.2, 0.25) is 0 Å². The van der Waals surface area contributed by atoms with Gasteiger partial charge in [-0.05, 0) is 24.2 Å². The second-order valence-electron chi connectivity index (χ2n) is 4.17. The van der Waals surface area contributed by atoms with Crippen molar-refractivity contribution in [3.63, 3.8) is 0 Å². The van der Waals surface area contributed by atoms with E-state index in [1.165, 1.54) is 18.1 Å². The summed E-state index contributed by atoms with van der Waals surface area (Å²) in [4.78, 5) is 17.1. The van der Waals surface area contributed by atoms with Gasteiger partial charge in [0.2, 0.25) is 0 Å². The van der Waals surface area contributed by atoms with E-state index < -0.39 is 0 Å². The highest BCUT2D eigenvalue weighted by Crippen LogP contribution is 2.28. The SMILES string of the molecule is CCCNc1cn2ccnc2c(Sc2ccncn2)n1. The van der Waals surface area contributed by atoms with Crippen molar-refractivity contribution in [1.82, 2.24) is 24.3 Å². The first-order valence-electron chi connectivity index (χ1n) is 6.38. The molecule has 6 nitrogen and oxygen atoms in total. The molecule has 0 aliphatic heterocycles. The minimum absolute atomic E-state index is 0.829. The maximum Gasteiger partial charge on any atom is 0.170 e. The van der Waals surface area contributed by atoms with E-state index in [-0.39, 0.29) is 0 Å². The molecule has 20 heavy (non-hydrogen) atoms. The fourth-order valence-corrected chi connectivity index (χ4v) is 2.57. The topological polar surface area (TPSA) is 68.0 Å². The third-order valence-corrected chi connectivity index (χ3v) is 3.57. The number of imidazole rings is 1. The van der Waals surface area contributed by atoms with Crippen LogP contribution in [0.4, 0.5) is 5.82 Å². The summed E-state index contributed by atoms with van der Waals surface area (Å²) in [6.07, 6.45) is 9.93. The zero-order chi connectivity index (χ0) is 13.8. The fourth-order valence-electron chi connectivity index (χ4n) is 1.75. The van der Waals surface area contributed by atoms with E-state index >= 15 is 0 Å². The van der Waals surface area contributed by atoms with Crippen molar-refractivity contribution < 1.29 is 0 Å². The normalized spacial score (nSPS) is 10.8. The van der Waals surface area contributed by atoms with Crippen LogP contribution in [0.25, 0.3) is 5.65 Å². The second-order valence-corrected chi connectivity index (χ2v) is 5.17. The number of nitrogens with zero attached hydrogens (tertiary/aromatic N) is 5. The van der Waals surface area contributed by atoms with E-state index in [0.29, 0.717) is 0 Å². The van der Waals surface area contributed by atoms with Gasteiger partial charge in [0.15, 0.2) is 5.65 Å². The summed E-state index contributed by atoms with van der Waals surface area (Å²) in [5.41, 5.74) is 0.829. The molecule has 3 aromatic rings. The molecular weight excluding hydrogens is 272 g/mol. The predicted octanol–water partition coefficient (Wildman–Crippen LogP) is 2.49. The van der Waals surface area contributed by atoms with Gasteiger partial charge < -0.3 is 9.72 Å². The molecule has 7 heteroatoms. The van der Waals surface area contributed by atoms with Crippen molar-refractivity contribution in [3.05, 3.63) is 37.2 Å². The van der Waals surface area contributed by atoms with Crippen LogP contribution in [0, 0.1) is 0 Å². The average molecular weight is 286 g/mol. The van der Waals surface area contributed by atoms with E-state index in [1.54, 1.807) is 12.4 Å². The Morgan fingerprint density at radius 3 is 3.05 bits per heavy atom. The molecule has 0 aromatic carbocycles. The van der Waals surface area contributed by atoms with Gasteiger partial charge in [0.05, 0.1) is 6.20 Å². The van der Waals surface area contributed by atoms with Crippen LogP contribution in [0.1, 0.15) is 13.3 Å². The van der Waals surface area contributed by atoms with Gasteiger partial charge in [0.1, 0.15) is 22.2 Å². The van der Waals surface area contributed by atoms with Gasteiger partial charge in [0.25, 0.3) is 0 Å². The number of nitrogens with one attached hydrogen (secondary N) is 1. The zero-order valence-electron chi connectivity index (χ0n) is 11.0. The Morgan fingerprint density at radius 2 is 2.25 bits per heavy atom. The number of hydrogen-bond donors (Lipinski definition) is 1. The molecule has 0 radical (unpaired) electrons. The van der Waals surface area contributed by atoms with Crippen LogP contribution in [0.15, 0.2) is 47.2 Å². The lowest BCUT2D eigenvalue weighted by Crippen LogP contribution is -2.04. The Balaban J connectivity index is 1.97. The van der Waals surface area contributed by atoms with Crippen LogP contribution in [-0.2, 0) is 0 Å². The Labute approximate surface area is 120 Å². The first-order chi connectivity index (χ1) is 9.86. The van der Waals surface area contributed by atoms with E-state index in [4.69, 9.17) is 0 Å². The minimum atomic E-state index is 0.829. The van der Waals surface area contributed by atoms with Crippen LogP contribution in [0.5, 0.6) is 0 Å². The van der Waals surface area contributed by atoms with Crippen LogP contribution in [-0.4, -0.2) is 30.9 Å². The highest BCUT2D eigenvalue weighted by Gasteiger charge is 2.09. The number of aromatic nitrogens is 5. The van der Waals surface area contributed by atoms with E-state index in [9.17, 15) is 0 Å². The Kier molecular flexibility index (Phi) is 3.78. The molecule has 0 unspecified atom stereocenters. The monoisotopic (exact) mass is 286 g/mol. The first kappa shape index (κ1) is 12.9. The molecule has 102 valence electrons. The Morgan fingerprint density at radius 1 is 1.30 bits per heavy atom. The molecule has 0 aliphatic carbocycles. The number of rotatable bonds is 5. The molecule has 0 aliphatic rings. The van der Waals surface area contributed by atoms with Gasteiger partial charge in [-0.1, -0.05) is 6.92 Å². The lowest BCUT2D eigenvalue weighted by molar-refractivity contribution is 0.943. The summed E-state index contributed by atoms with van der Waals surface area (Å²) in [6, 6.07) is 1.86. The smallest absolute Gasteiger partial charge is 0.170 e. The quantitative estimate of drug-likeness (QED) is 0.727. The maximum atomic E-state index is 4.61. The molecule has 0 fully saturated rings. The molecular formula is C13H14N6S. The molecule has 3 heterocycles. The maximum absolute atomic E-state index is 4.61. The largest absolute Gasteiger partial charge is 0.369 e. The second kappa shape index (κ2) is 5.87. The van der Waals surface area contributed by atoms with Gasteiger partial charge in [0, 0.05) is 25.1 Å². The van der Waals surface area contributed by atoms with E-state index in [2.05, 4.69) is 32.2 Å². The lowest BCUT2D eigenvalue weighted by Gasteiger charge is -2.08. The highest BCUT2D eigenvalue weighted by molar-refractivity contribution is 7.99. The van der Waals surface area contributed by atoms with Crippen molar-refractivity contribution in [1.29, 1.82) is 0 Å². The number of hydrogen-bond acceptors (Lipinski definition) is 6. The minimum Gasteiger partial charge on any atom is -0.369 e. The molecule has 0 atom stereocenters. The molecule has 1 N–H and O–H groups in total. The van der Waals surface area contributed by atoms with Crippen LogP contribution < -0.4 is 5.32 Å². The van der Waals surface area contributed by atoms with Gasteiger partial charge >= 0.3 is 0 Å². The summed E-state index contributed by atoms with van der Waals surface area (Å²) in [6.45, 7) is 3.02. The highest BCUT2D eigenvalue weighted by atomic mass is 32.2. The standard InChI is InChI=1S/C13H14N6S/c1-2-4-15-10-8-19-7-6-16-12(19)13(18-10)20-11-3-5-14-9-17-11/h3,5-9,15H,2,4H2,1H3. The van der Waals surface area contributed by atoms with Crippen molar-refractivity contribution in [3.8, 4) is 0 Å². The number of fused-ring (bicyclic) bond motifs is 1. The van der Waals surface area contributed by atoms with Crippen LogP contribution in [0.3, 0.4) is 0 Å². The fraction of sp³-hybridized carbons (Fsp3) is 0.231. The van der Waals surface area contributed by atoms with Gasteiger partial charge in [-0.3, -0.25) is 0 Å². The molecule has 3 aromatic heterocycles. The summed E-state index contributed by atoms with van der Waals surface area (Å²) in [5, 5.41) is 4.98. The lowest BCUT2D eigenvalue weighted by atomic mass is 10.5. The van der Waals surface area contributed by atoms with Crippen molar-refractivity contribution in [2.45, 2.75) is 23.4 Å². The van der Waals surface area contributed by atoms with E-state index in [0.717, 1.165) is 34.5 Å². The molecule has 3 rings (SSSR count). The molecule has 0 spiro atoms. The Hall–Kier alpha value is -2.15. The first-order valence-corrected chi connectivity index (χ1v) is 7.20. The van der Waals surface area contributed by atoms with Crippen LogP contribution >= 0.6 is 11.8 Å². The molecule has 0 bridgehead atoms. The van der Waals surface area contributed by atoms with Crippen molar-refractivity contribution in [2.75, 3.05) is 11.9 Å².